The second-order valence-electron chi connectivity index (χ2n) is 6.84. The number of carbonyl (C=O) groups excluding carboxylic acids is 2. The van der Waals surface area contributed by atoms with Crippen LogP contribution in [0.25, 0.3) is 22.2 Å². The van der Waals surface area contributed by atoms with Crippen molar-refractivity contribution in [2.45, 2.75) is 20.8 Å². The molecule has 2 aromatic carbocycles. The van der Waals surface area contributed by atoms with E-state index in [0.717, 1.165) is 39.5 Å². The molecule has 3 rings (SSSR count). The van der Waals surface area contributed by atoms with Crippen molar-refractivity contribution in [2.75, 3.05) is 18.5 Å². The molecule has 0 unspecified atom stereocenters. The van der Waals surface area contributed by atoms with Gasteiger partial charge in [-0.1, -0.05) is 30.3 Å². The van der Waals surface area contributed by atoms with Gasteiger partial charge in [0.05, 0.1) is 19.3 Å². The third-order valence-corrected chi connectivity index (χ3v) is 4.77. The lowest BCUT2D eigenvalue weighted by Crippen LogP contribution is -2.17. The molecule has 1 aromatic heterocycles. The molecule has 0 atom stereocenters. The summed E-state index contributed by atoms with van der Waals surface area (Å²) in [5.74, 6) is -1.21. The van der Waals surface area contributed by atoms with Crippen molar-refractivity contribution < 1.29 is 19.1 Å². The molecular formula is C24H26N2O4. The van der Waals surface area contributed by atoms with Crippen molar-refractivity contribution in [3.63, 3.8) is 0 Å². The highest BCUT2D eigenvalue weighted by Crippen LogP contribution is 2.31. The maximum atomic E-state index is 12.3. The largest absolute Gasteiger partial charge is 0.463 e. The maximum Gasteiger partial charge on any atom is 0.355 e. The molecule has 6 nitrogen and oxygen atoms in total. The normalized spacial score (nSPS) is 11.4. The van der Waals surface area contributed by atoms with E-state index in [4.69, 9.17) is 9.47 Å². The topological polar surface area (TPSA) is 69.6 Å². The molecule has 0 bridgehead atoms. The van der Waals surface area contributed by atoms with Crippen LogP contribution in [0.15, 0.2) is 60.3 Å². The van der Waals surface area contributed by atoms with Crippen LogP contribution in [0.1, 0.15) is 19.4 Å². The lowest BCUT2D eigenvalue weighted by molar-refractivity contribution is -0.140. The Balaban J connectivity index is 2.01. The number of ether oxygens (including phenoxy) is 2. The average molecular weight is 406 g/mol. The number of carbonyl (C=O) groups is 2. The zero-order chi connectivity index (χ0) is 21.7. The van der Waals surface area contributed by atoms with Gasteiger partial charge in [-0.3, -0.25) is 0 Å². The fourth-order valence-electron chi connectivity index (χ4n) is 3.31. The zero-order valence-electron chi connectivity index (χ0n) is 17.7. The Kier molecular flexibility index (Phi) is 6.57. The Hall–Kier alpha value is -3.54. The summed E-state index contributed by atoms with van der Waals surface area (Å²) in [4.78, 5) is 24.2. The SMILES string of the molecule is CCOC(=O)C=C(Nc1cc2cc(-c3ccccc3)n(C)c2cc1C)C(=O)OCC. The predicted octanol–water partition coefficient (Wildman–Crippen LogP) is 4.58. The summed E-state index contributed by atoms with van der Waals surface area (Å²) < 4.78 is 12.2. The molecule has 0 saturated carbocycles. The first-order valence-corrected chi connectivity index (χ1v) is 9.92. The second-order valence-corrected chi connectivity index (χ2v) is 6.84. The van der Waals surface area contributed by atoms with Crippen molar-refractivity contribution in [2.24, 2.45) is 7.05 Å². The molecule has 3 aromatic rings. The highest BCUT2D eigenvalue weighted by molar-refractivity contribution is 6.00. The first kappa shape index (κ1) is 21.2. The van der Waals surface area contributed by atoms with Crippen molar-refractivity contribution in [3.05, 3.63) is 65.9 Å². The molecule has 0 fully saturated rings. The number of aryl methyl sites for hydroxylation is 2. The molecule has 1 N–H and O–H groups in total. The minimum Gasteiger partial charge on any atom is -0.463 e. The van der Waals surface area contributed by atoms with Crippen molar-refractivity contribution >= 4 is 28.5 Å². The van der Waals surface area contributed by atoms with E-state index in [-0.39, 0.29) is 18.9 Å². The quantitative estimate of drug-likeness (QED) is 0.460. The van der Waals surface area contributed by atoms with E-state index in [1.165, 1.54) is 0 Å². The van der Waals surface area contributed by atoms with E-state index in [9.17, 15) is 9.59 Å². The number of nitrogens with zero attached hydrogens (tertiary/aromatic N) is 1. The van der Waals surface area contributed by atoms with E-state index in [2.05, 4.69) is 34.1 Å². The summed E-state index contributed by atoms with van der Waals surface area (Å²) in [6.45, 7) is 5.80. The van der Waals surface area contributed by atoms with Gasteiger partial charge in [-0.05, 0) is 50.1 Å². The third-order valence-electron chi connectivity index (χ3n) is 4.77. The highest BCUT2D eigenvalue weighted by Gasteiger charge is 2.16. The third kappa shape index (κ3) is 4.54. The Morgan fingerprint density at radius 1 is 1.03 bits per heavy atom. The molecular weight excluding hydrogens is 380 g/mol. The summed E-state index contributed by atoms with van der Waals surface area (Å²) >= 11 is 0. The second kappa shape index (κ2) is 9.31. The van der Waals surface area contributed by atoms with Crippen LogP contribution in [0.2, 0.25) is 0 Å². The Morgan fingerprint density at radius 3 is 2.40 bits per heavy atom. The maximum absolute atomic E-state index is 12.3. The molecule has 0 saturated heterocycles. The minimum atomic E-state index is -0.608. The minimum absolute atomic E-state index is 0.0389. The Morgan fingerprint density at radius 2 is 1.73 bits per heavy atom. The lowest BCUT2D eigenvalue weighted by atomic mass is 10.1. The van der Waals surface area contributed by atoms with Crippen LogP contribution in [0, 0.1) is 6.92 Å². The van der Waals surface area contributed by atoms with E-state index in [1.807, 2.05) is 38.2 Å². The lowest BCUT2D eigenvalue weighted by Gasteiger charge is -2.13. The zero-order valence-corrected chi connectivity index (χ0v) is 17.7. The summed E-state index contributed by atoms with van der Waals surface area (Å²) in [6.07, 6.45) is 1.13. The van der Waals surface area contributed by atoms with Crippen LogP contribution in [-0.4, -0.2) is 29.7 Å². The molecule has 6 heteroatoms. The number of fused-ring (bicyclic) bond motifs is 1. The molecule has 0 aliphatic heterocycles. The molecule has 30 heavy (non-hydrogen) atoms. The standard InChI is InChI=1S/C24H26N2O4/c1-5-29-23(27)15-20(24(28)30-6-2)25-19-13-18-14-22(17-10-8-7-9-11-17)26(4)21(18)12-16(19)3/h7-15,25H,5-6H2,1-4H3. The van der Waals surface area contributed by atoms with Crippen LogP contribution in [-0.2, 0) is 26.1 Å². The Bertz CT molecular complexity index is 1100. The molecule has 1 heterocycles. The van der Waals surface area contributed by atoms with Crippen molar-refractivity contribution in [1.29, 1.82) is 0 Å². The van der Waals surface area contributed by atoms with Crippen LogP contribution in [0.4, 0.5) is 5.69 Å². The van der Waals surface area contributed by atoms with E-state index >= 15 is 0 Å². The molecule has 0 aliphatic carbocycles. The van der Waals surface area contributed by atoms with E-state index < -0.39 is 11.9 Å². The van der Waals surface area contributed by atoms with Crippen LogP contribution in [0.3, 0.4) is 0 Å². The molecule has 0 radical (unpaired) electrons. The first-order valence-electron chi connectivity index (χ1n) is 9.92. The average Bonchev–Trinajstić information content (AvgIpc) is 3.04. The number of benzene rings is 2. The highest BCUT2D eigenvalue weighted by atomic mass is 16.5. The van der Waals surface area contributed by atoms with Crippen molar-refractivity contribution in [1.82, 2.24) is 4.57 Å². The monoisotopic (exact) mass is 406 g/mol. The number of hydrogen-bond donors (Lipinski definition) is 1. The van der Waals surface area contributed by atoms with Gasteiger partial charge in [0.2, 0.25) is 0 Å². The first-order chi connectivity index (χ1) is 14.4. The predicted molar refractivity (Wildman–Crippen MR) is 118 cm³/mol. The van der Waals surface area contributed by atoms with Gasteiger partial charge in [0.15, 0.2) is 0 Å². The van der Waals surface area contributed by atoms with Crippen molar-refractivity contribution in [3.8, 4) is 11.3 Å². The fourth-order valence-corrected chi connectivity index (χ4v) is 3.31. The van der Waals surface area contributed by atoms with E-state index in [1.54, 1.807) is 13.8 Å². The summed E-state index contributed by atoms with van der Waals surface area (Å²) in [7, 11) is 2.03. The van der Waals surface area contributed by atoms with Crippen LogP contribution < -0.4 is 5.32 Å². The van der Waals surface area contributed by atoms with Gasteiger partial charge in [-0.15, -0.1) is 0 Å². The fraction of sp³-hybridized carbons (Fsp3) is 0.250. The summed E-state index contributed by atoms with van der Waals surface area (Å²) in [5.41, 5.74) is 4.98. The molecule has 0 aliphatic rings. The van der Waals surface area contributed by atoms with Gasteiger partial charge in [-0.2, -0.15) is 0 Å². The smallest absolute Gasteiger partial charge is 0.355 e. The number of esters is 2. The molecule has 156 valence electrons. The number of anilines is 1. The van der Waals surface area contributed by atoms with Gasteiger partial charge in [-0.25, -0.2) is 9.59 Å². The number of nitrogens with one attached hydrogen (secondary N) is 1. The van der Waals surface area contributed by atoms with Gasteiger partial charge >= 0.3 is 11.9 Å². The number of hydrogen-bond acceptors (Lipinski definition) is 5. The van der Waals surface area contributed by atoms with E-state index in [0.29, 0.717) is 0 Å². The molecule has 0 amide bonds. The number of aromatic nitrogens is 1. The van der Waals surface area contributed by atoms with Gasteiger partial charge in [0.1, 0.15) is 5.70 Å². The van der Waals surface area contributed by atoms with Gasteiger partial charge < -0.3 is 19.4 Å². The summed E-state index contributed by atoms with van der Waals surface area (Å²) in [5, 5.41) is 4.08. The van der Waals surface area contributed by atoms with Gasteiger partial charge in [0.25, 0.3) is 0 Å². The molecule has 0 spiro atoms. The Labute approximate surface area is 176 Å². The van der Waals surface area contributed by atoms with Crippen LogP contribution >= 0.6 is 0 Å². The number of rotatable bonds is 7. The summed E-state index contributed by atoms with van der Waals surface area (Å²) in [6, 6.07) is 16.3. The van der Waals surface area contributed by atoms with Gasteiger partial charge in [0, 0.05) is 29.3 Å². The van der Waals surface area contributed by atoms with Crippen LogP contribution in [0.5, 0.6) is 0 Å².